The number of hydrogen-bond donors (Lipinski definition) is 1. The highest BCUT2D eigenvalue weighted by Crippen LogP contribution is 2.38. The fraction of sp³-hybridized carbons (Fsp3) is 0.579. The van der Waals surface area contributed by atoms with Crippen molar-refractivity contribution in [3.05, 3.63) is 35.9 Å². The summed E-state index contributed by atoms with van der Waals surface area (Å²) in [5.74, 6) is -0.694. The van der Waals surface area contributed by atoms with Crippen molar-refractivity contribution in [1.29, 1.82) is 0 Å². The van der Waals surface area contributed by atoms with Gasteiger partial charge in [0.2, 0.25) is 0 Å². The van der Waals surface area contributed by atoms with Gasteiger partial charge in [0.15, 0.2) is 0 Å². The van der Waals surface area contributed by atoms with Gasteiger partial charge in [-0.15, -0.1) is 0 Å². The van der Waals surface area contributed by atoms with E-state index in [0.29, 0.717) is 5.56 Å². The van der Waals surface area contributed by atoms with E-state index < -0.39 is 17.7 Å². The number of ether oxygens (including phenoxy) is 2. The molecule has 1 fully saturated rings. The monoisotopic (exact) mass is 334 g/mol. The predicted octanol–water partition coefficient (Wildman–Crippen LogP) is 2.96. The number of carbonyl (C=O) groups is 2. The van der Waals surface area contributed by atoms with Crippen LogP contribution in [0.3, 0.4) is 0 Å². The normalized spacial score (nSPS) is 21.5. The summed E-state index contributed by atoms with van der Waals surface area (Å²) in [6.45, 7) is 5.66. The molecule has 0 saturated heterocycles. The summed E-state index contributed by atoms with van der Waals surface area (Å²) >= 11 is 0. The van der Waals surface area contributed by atoms with Crippen LogP contribution in [0, 0.1) is 11.8 Å². The molecule has 0 aromatic heterocycles. The summed E-state index contributed by atoms with van der Waals surface area (Å²) in [5.41, 5.74) is -0.0382. The van der Waals surface area contributed by atoms with Crippen molar-refractivity contribution in [3.63, 3.8) is 0 Å². The van der Waals surface area contributed by atoms with Crippen LogP contribution in [0.25, 0.3) is 0 Å². The van der Waals surface area contributed by atoms with E-state index in [2.05, 4.69) is 0 Å². The summed E-state index contributed by atoms with van der Waals surface area (Å²) in [6.07, 6.45) is 0.940. The number of hydrogen-bond acceptors (Lipinski definition) is 5. The molecule has 1 aromatic carbocycles. The van der Waals surface area contributed by atoms with Crippen molar-refractivity contribution >= 4 is 11.9 Å². The van der Waals surface area contributed by atoms with Gasteiger partial charge >= 0.3 is 11.9 Å². The van der Waals surface area contributed by atoms with Gasteiger partial charge in [0.05, 0.1) is 24.7 Å². The second-order valence-corrected chi connectivity index (χ2v) is 7.32. The maximum atomic E-state index is 11.9. The Bertz CT molecular complexity index is 561. The second-order valence-electron chi connectivity index (χ2n) is 7.32. The van der Waals surface area contributed by atoms with Crippen LogP contribution in [0.5, 0.6) is 0 Å². The lowest BCUT2D eigenvalue weighted by atomic mass is 9.70. The maximum absolute atomic E-state index is 11.9. The lowest BCUT2D eigenvalue weighted by molar-refractivity contribution is -0.159. The molecule has 5 heteroatoms. The van der Waals surface area contributed by atoms with Crippen LogP contribution in [-0.4, -0.2) is 35.4 Å². The van der Waals surface area contributed by atoms with Crippen molar-refractivity contribution in [3.8, 4) is 0 Å². The Balaban J connectivity index is 1.77. The summed E-state index contributed by atoms with van der Waals surface area (Å²) in [5, 5.41) is 10.2. The Kier molecular flexibility index (Phi) is 5.99. The lowest BCUT2D eigenvalue weighted by Gasteiger charge is -2.39. The minimum atomic E-state index is -0.756. The molecule has 2 rings (SSSR count). The number of rotatable bonds is 6. The van der Waals surface area contributed by atoms with Gasteiger partial charge < -0.3 is 14.6 Å². The Morgan fingerprint density at radius 3 is 2.42 bits per heavy atom. The highest BCUT2D eigenvalue weighted by atomic mass is 16.6. The van der Waals surface area contributed by atoms with Gasteiger partial charge in [-0.1, -0.05) is 18.2 Å². The lowest BCUT2D eigenvalue weighted by Crippen LogP contribution is -2.40. The highest BCUT2D eigenvalue weighted by Gasteiger charge is 2.38. The second kappa shape index (κ2) is 7.79. The average molecular weight is 334 g/mol. The fourth-order valence-electron chi connectivity index (χ4n) is 2.85. The zero-order valence-corrected chi connectivity index (χ0v) is 14.5. The van der Waals surface area contributed by atoms with Gasteiger partial charge in [0.25, 0.3) is 0 Å². The zero-order chi connectivity index (χ0) is 17.7. The Hall–Kier alpha value is -1.88. The van der Waals surface area contributed by atoms with Gasteiger partial charge in [0, 0.05) is 0 Å². The molecule has 132 valence electrons. The number of benzene rings is 1. The summed E-state index contributed by atoms with van der Waals surface area (Å²) in [4.78, 5) is 23.7. The third-order valence-corrected chi connectivity index (χ3v) is 4.20. The molecular weight excluding hydrogens is 308 g/mol. The number of carbonyl (C=O) groups excluding carboxylic acids is 2. The van der Waals surface area contributed by atoms with Crippen molar-refractivity contribution in [2.24, 2.45) is 11.8 Å². The van der Waals surface area contributed by atoms with Crippen molar-refractivity contribution in [2.75, 3.05) is 6.61 Å². The van der Waals surface area contributed by atoms with E-state index in [1.165, 1.54) is 0 Å². The summed E-state index contributed by atoms with van der Waals surface area (Å²) in [6, 6.07) is 8.82. The topological polar surface area (TPSA) is 72.8 Å². The van der Waals surface area contributed by atoms with Crippen LogP contribution >= 0.6 is 0 Å². The average Bonchev–Trinajstić information content (AvgIpc) is 2.44. The summed E-state index contributed by atoms with van der Waals surface area (Å²) in [7, 11) is 0. The van der Waals surface area contributed by atoms with Crippen LogP contribution in [0.4, 0.5) is 0 Å². The number of esters is 2. The quantitative estimate of drug-likeness (QED) is 0.810. The predicted molar refractivity (Wildman–Crippen MR) is 89.4 cm³/mol. The first-order valence-corrected chi connectivity index (χ1v) is 8.38. The summed E-state index contributed by atoms with van der Waals surface area (Å²) < 4.78 is 10.6. The first-order chi connectivity index (χ1) is 11.3. The molecule has 24 heavy (non-hydrogen) atoms. The molecule has 1 saturated carbocycles. The fourth-order valence-corrected chi connectivity index (χ4v) is 2.85. The van der Waals surface area contributed by atoms with E-state index in [-0.39, 0.29) is 30.8 Å². The number of aliphatic hydroxyl groups excluding tert-OH is 1. The Morgan fingerprint density at radius 2 is 1.88 bits per heavy atom. The molecule has 0 aliphatic heterocycles. The Labute approximate surface area is 143 Å². The van der Waals surface area contributed by atoms with E-state index in [1.54, 1.807) is 45.0 Å². The first-order valence-electron chi connectivity index (χ1n) is 8.38. The van der Waals surface area contributed by atoms with Crippen LogP contribution in [0.2, 0.25) is 0 Å². The molecule has 1 unspecified atom stereocenters. The van der Waals surface area contributed by atoms with E-state index in [0.717, 1.165) is 12.8 Å². The molecular formula is C19H26O5. The first kappa shape index (κ1) is 18.5. The SMILES string of the molecule is CC(C)(C)OC(=O)CC(O)[C@@H]1CC[C@H]1COC(=O)c1ccccc1. The van der Waals surface area contributed by atoms with E-state index >= 15 is 0 Å². The van der Waals surface area contributed by atoms with Crippen LogP contribution in [-0.2, 0) is 14.3 Å². The van der Waals surface area contributed by atoms with Crippen LogP contribution in [0.15, 0.2) is 30.3 Å². The van der Waals surface area contributed by atoms with Crippen molar-refractivity contribution in [2.45, 2.75) is 51.7 Å². The third-order valence-electron chi connectivity index (χ3n) is 4.20. The van der Waals surface area contributed by atoms with Crippen molar-refractivity contribution in [1.82, 2.24) is 0 Å². The van der Waals surface area contributed by atoms with E-state index in [1.807, 2.05) is 6.07 Å². The molecule has 0 radical (unpaired) electrons. The molecule has 0 spiro atoms. The molecule has 1 aromatic rings. The van der Waals surface area contributed by atoms with Crippen LogP contribution in [0.1, 0.15) is 50.4 Å². The highest BCUT2D eigenvalue weighted by molar-refractivity contribution is 5.89. The minimum Gasteiger partial charge on any atom is -0.462 e. The molecule has 0 amide bonds. The molecule has 0 heterocycles. The standard InChI is InChI=1S/C19H26O5/c1-19(2,3)24-17(21)11-16(20)15-10-9-14(15)12-23-18(22)13-7-5-4-6-8-13/h4-8,14-16,20H,9-12H2,1-3H3/t14-,15+,16?/m0/s1. The minimum absolute atomic E-state index is 0.0227. The molecule has 1 aliphatic rings. The smallest absolute Gasteiger partial charge is 0.338 e. The zero-order valence-electron chi connectivity index (χ0n) is 14.5. The number of aliphatic hydroxyl groups is 1. The Morgan fingerprint density at radius 1 is 1.21 bits per heavy atom. The largest absolute Gasteiger partial charge is 0.462 e. The molecule has 0 bridgehead atoms. The molecule has 1 aliphatic carbocycles. The third kappa shape index (κ3) is 5.34. The molecule has 1 N–H and O–H groups in total. The van der Waals surface area contributed by atoms with E-state index in [9.17, 15) is 14.7 Å². The van der Waals surface area contributed by atoms with Gasteiger partial charge in [0.1, 0.15) is 5.60 Å². The molecule has 3 atom stereocenters. The van der Waals surface area contributed by atoms with Gasteiger partial charge in [-0.25, -0.2) is 4.79 Å². The van der Waals surface area contributed by atoms with Crippen molar-refractivity contribution < 1.29 is 24.2 Å². The van der Waals surface area contributed by atoms with Gasteiger partial charge in [-0.2, -0.15) is 0 Å². The van der Waals surface area contributed by atoms with Crippen LogP contribution < -0.4 is 0 Å². The maximum Gasteiger partial charge on any atom is 0.338 e. The van der Waals surface area contributed by atoms with Gasteiger partial charge in [-0.05, 0) is 57.6 Å². The van der Waals surface area contributed by atoms with Gasteiger partial charge in [-0.3, -0.25) is 4.79 Å². The van der Waals surface area contributed by atoms with E-state index in [4.69, 9.17) is 9.47 Å². The molecule has 5 nitrogen and oxygen atoms in total.